The highest BCUT2D eigenvalue weighted by molar-refractivity contribution is 6.30. The first-order chi connectivity index (χ1) is 7.15. The number of ether oxygens (including phenoxy) is 1. The predicted molar refractivity (Wildman–Crippen MR) is 56.9 cm³/mol. The van der Waals surface area contributed by atoms with E-state index in [1.54, 1.807) is 0 Å². The number of hydrogen-bond donors (Lipinski definition) is 0. The van der Waals surface area contributed by atoms with Crippen molar-refractivity contribution in [3.05, 3.63) is 34.6 Å². The molecule has 0 aliphatic carbocycles. The zero-order valence-electron chi connectivity index (χ0n) is 8.43. The lowest BCUT2D eigenvalue weighted by Gasteiger charge is -2.03. The lowest BCUT2D eigenvalue weighted by molar-refractivity contribution is 0.0892. The van der Waals surface area contributed by atoms with E-state index in [4.69, 9.17) is 16.3 Å². The second kappa shape index (κ2) is 5.83. The van der Waals surface area contributed by atoms with Crippen LogP contribution in [0.4, 0.5) is 4.39 Å². The molecule has 0 saturated carbocycles. The summed E-state index contributed by atoms with van der Waals surface area (Å²) in [5.41, 5.74) is 0.0686. The third-order valence-corrected chi connectivity index (χ3v) is 2.14. The highest BCUT2D eigenvalue weighted by Gasteiger charge is 2.11. The Kier molecular flexibility index (Phi) is 4.72. The molecule has 15 heavy (non-hydrogen) atoms. The molecule has 0 amide bonds. The molecule has 0 aliphatic heterocycles. The van der Waals surface area contributed by atoms with E-state index in [1.807, 2.05) is 6.92 Å². The van der Waals surface area contributed by atoms with Crippen LogP contribution in [-0.4, -0.2) is 19.0 Å². The smallest absolute Gasteiger partial charge is 0.168 e. The molecule has 0 saturated heterocycles. The number of ketones is 1. The van der Waals surface area contributed by atoms with Gasteiger partial charge in [-0.2, -0.15) is 0 Å². The van der Waals surface area contributed by atoms with Crippen molar-refractivity contribution in [2.45, 2.75) is 13.3 Å². The van der Waals surface area contributed by atoms with Crippen LogP contribution in [0.5, 0.6) is 0 Å². The van der Waals surface area contributed by atoms with Crippen LogP contribution in [-0.2, 0) is 4.74 Å². The van der Waals surface area contributed by atoms with Crippen molar-refractivity contribution in [2.24, 2.45) is 0 Å². The van der Waals surface area contributed by atoms with Gasteiger partial charge >= 0.3 is 0 Å². The maximum Gasteiger partial charge on any atom is 0.168 e. The van der Waals surface area contributed by atoms with Crippen molar-refractivity contribution in [1.29, 1.82) is 0 Å². The van der Waals surface area contributed by atoms with Gasteiger partial charge in [-0.05, 0) is 25.1 Å². The summed E-state index contributed by atoms with van der Waals surface area (Å²) in [7, 11) is 0. The quantitative estimate of drug-likeness (QED) is 0.574. The number of carbonyl (C=O) groups is 1. The molecule has 0 aliphatic rings. The van der Waals surface area contributed by atoms with Crippen LogP contribution in [0.2, 0.25) is 5.02 Å². The summed E-state index contributed by atoms with van der Waals surface area (Å²) in [5.74, 6) is -0.846. The van der Waals surface area contributed by atoms with Crippen molar-refractivity contribution in [3.8, 4) is 0 Å². The molecule has 0 radical (unpaired) electrons. The van der Waals surface area contributed by atoms with E-state index >= 15 is 0 Å². The number of hydrogen-bond acceptors (Lipinski definition) is 2. The maximum absolute atomic E-state index is 13.3. The van der Waals surface area contributed by atoms with Crippen LogP contribution < -0.4 is 0 Å². The van der Waals surface area contributed by atoms with Gasteiger partial charge in [-0.1, -0.05) is 11.6 Å². The highest BCUT2D eigenvalue weighted by atomic mass is 35.5. The molecule has 1 rings (SSSR count). The number of Topliss-reactive ketones (excluding diaryl/α,β-unsaturated/α-hetero) is 1. The third-order valence-electron chi connectivity index (χ3n) is 1.91. The topological polar surface area (TPSA) is 26.3 Å². The van der Waals surface area contributed by atoms with Crippen LogP contribution in [0.15, 0.2) is 18.2 Å². The van der Waals surface area contributed by atoms with E-state index in [-0.39, 0.29) is 22.8 Å². The second-order valence-corrected chi connectivity index (χ2v) is 3.43. The first kappa shape index (κ1) is 12.1. The number of carbonyl (C=O) groups excluding carboxylic acids is 1. The molecule has 4 heteroatoms. The first-order valence-corrected chi connectivity index (χ1v) is 5.09. The van der Waals surface area contributed by atoms with Gasteiger partial charge < -0.3 is 4.74 Å². The van der Waals surface area contributed by atoms with Crippen LogP contribution in [0, 0.1) is 5.82 Å². The SMILES string of the molecule is CCOCCC(=O)c1ccc(Cl)cc1F. The summed E-state index contributed by atoms with van der Waals surface area (Å²) in [6.45, 7) is 2.71. The Labute approximate surface area is 93.0 Å². The van der Waals surface area contributed by atoms with E-state index < -0.39 is 5.82 Å². The molecular weight excluding hydrogens is 219 g/mol. The lowest BCUT2D eigenvalue weighted by atomic mass is 10.1. The van der Waals surface area contributed by atoms with Gasteiger partial charge in [0.25, 0.3) is 0 Å². The summed E-state index contributed by atoms with van der Waals surface area (Å²) < 4.78 is 18.3. The number of halogens is 2. The molecule has 1 aromatic carbocycles. The Morgan fingerprint density at radius 1 is 1.53 bits per heavy atom. The molecule has 0 spiro atoms. The summed E-state index contributed by atoms with van der Waals surface area (Å²) >= 11 is 5.57. The molecule has 0 heterocycles. The van der Waals surface area contributed by atoms with Crippen molar-refractivity contribution in [2.75, 3.05) is 13.2 Å². The minimum absolute atomic E-state index is 0.0686. The average Bonchev–Trinajstić information content (AvgIpc) is 2.17. The standard InChI is InChI=1S/C11H12ClFO2/c1-2-15-6-5-11(14)9-4-3-8(12)7-10(9)13/h3-4,7H,2,5-6H2,1H3. The molecule has 2 nitrogen and oxygen atoms in total. The molecular formula is C11H12ClFO2. The van der Waals surface area contributed by atoms with Crippen LogP contribution in [0.25, 0.3) is 0 Å². The molecule has 0 fully saturated rings. The second-order valence-electron chi connectivity index (χ2n) is 2.99. The molecule has 0 N–H and O–H groups in total. The zero-order valence-corrected chi connectivity index (χ0v) is 9.18. The average molecular weight is 231 g/mol. The fourth-order valence-corrected chi connectivity index (χ4v) is 1.32. The first-order valence-electron chi connectivity index (χ1n) is 4.71. The summed E-state index contributed by atoms with van der Waals surface area (Å²) in [4.78, 5) is 11.5. The Morgan fingerprint density at radius 2 is 2.27 bits per heavy atom. The van der Waals surface area contributed by atoms with Gasteiger partial charge in [0.15, 0.2) is 5.78 Å². The van der Waals surface area contributed by atoms with E-state index in [1.165, 1.54) is 12.1 Å². The summed E-state index contributed by atoms with van der Waals surface area (Å²) in [6, 6.07) is 4.03. The van der Waals surface area contributed by atoms with Crippen LogP contribution in [0.3, 0.4) is 0 Å². The Morgan fingerprint density at radius 3 is 2.87 bits per heavy atom. The third kappa shape index (κ3) is 3.61. The van der Waals surface area contributed by atoms with Gasteiger partial charge in [-0.25, -0.2) is 4.39 Å². The molecule has 0 aromatic heterocycles. The van der Waals surface area contributed by atoms with Crippen LogP contribution in [0.1, 0.15) is 23.7 Å². The Bertz CT molecular complexity index is 352. The van der Waals surface area contributed by atoms with Gasteiger partial charge in [0.2, 0.25) is 0 Å². The minimum atomic E-state index is -0.580. The normalized spacial score (nSPS) is 10.3. The summed E-state index contributed by atoms with van der Waals surface area (Å²) in [5, 5.41) is 0.286. The van der Waals surface area contributed by atoms with Crippen molar-refractivity contribution >= 4 is 17.4 Å². The van der Waals surface area contributed by atoms with Gasteiger partial charge in [-0.15, -0.1) is 0 Å². The van der Waals surface area contributed by atoms with E-state index in [0.29, 0.717) is 13.2 Å². The predicted octanol–water partition coefficient (Wildman–Crippen LogP) is 3.09. The molecule has 1 aromatic rings. The Hall–Kier alpha value is -0.930. The zero-order chi connectivity index (χ0) is 11.3. The van der Waals surface area contributed by atoms with Crippen molar-refractivity contribution < 1.29 is 13.9 Å². The van der Waals surface area contributed by atoms with Gasteiger partial charge in [-0.3, -0.25) is 4.79 Å². The van der Waals surface area contributed by atoms with E-state index in [9.17, 15) is 9.18 Å². The van der Waals surface area contributed by atoms with Crippen molar-refractivity contribution in [3.63, 3.8) is 0 Å². The Balaban J connectivity index is 2.65. The van der Waals surface area contributed by atoms with Gasteiger partial charge in [0.1, 0.15) is 5.82 Å². The molecule has 0 bridgehead atoms. The molecule has 0 unspecified atom stereocenters. The maximum atomic E-state index is 13.3. The largest absolute Gasteiger partial charge is 0.381 e. The summed E-state index contributed by atoms with van der Waals surface area (Å²) in [6.07, 6.45) is 0.187. The van der Waals surface area contributed by atoms with Crippen LogP contribution >= 0.6 is 11.6 Å². The highest BCUT2D eigenvalue weighted by Crippen LogP contribution is 2.15. The lowest BCUT2D eigenvalue weighted by Crippen LogP contribution is -2.06. The minimum Gasteiger partial charge on any atom is -0.381 e. The van der Waals surface area contributed by atoms with Gasteiger partial charge in [0, 0.05) is 18.1 Å². The van der Waals surface area contributed by atoms with Crippen molar-refractivity contribution in [1.82, 2.24) is 0 Å². The monoisotopic (exact) mass is 230 g/mol. The van der Waals surface area contributed by atoms with E-state index in [2.05, 4.69) is 0 Å². The van der Waals surface area contributed by atoms with E-state index in [0.717, 1.165) is 6.07 Å². The number of rotatable bonds is 5. The fourth-order valence-electron chi connectivity index (χ4n) is 1.16. The molecule has 0 atom stereocenters. The van der Waals surface area contributed by atoms with Gasteiger partial charge in [0.05, 0.1) is 12.2 Å². The fraction of sp³-hybridized carbons (Fsp3) is 0.364. The molecule has 82 valence electrons. The number of benzene rings is 1.